The first kappa shape index (κ1) is 27.2. The molecule has 11 nitrogen and oxygen atoms in total. The molecular formula is C15H10Na2O11S2. The number of hydrogen-bond acceptors (Lipinski definition) is 11. The van der Waals surface area contributed by atoms with Crippen LogP contribution in [0.25, 0.3) is 0 Å². The minimum atomic E-state index is -5.11. The van der Waals surface area contributed by atoms with Crippen LogP contribution in [0.4, 0.5) is 0 Å². The molecule has 1 aliphatic rings. The molecule has 0 bridgehead atoms. The Hall–Kier alpha value is -0.870. The van der Waals surface area contributed by atoms with Crippen LogP contribution in [-0.4, -0.2) is 36.8 Å². The minimum Gasteiger partial charge on any atom is -0.716 e. The number of rotatable bonds is 5. The topological polar surface area (TPSA) is 179 Å². The van der Waals surface area contributed by atoms with Gasteiger partial charge in [0.15, 0.2) is 5.78 Å². The molecule has 1 N–H and O–H groups in total. The standard InChI is InChI=1S/C15H12O11S2.2Na/c16-11-5-10(26-28(21,22)23)6-14-15(11)12(17)7-13(24-14)8-1-3-9(4-2-8)25-27(18,19)20;;/h1-6,13,16H,7H2,(H,18,19,20)(H,21,22,23);;/q;2*+1/p-2. The molecule has 3 rings (SSSR count). The van der Waals surface area contributed by atoms with Crippen LogP contribution in [0.1, 0.15) is 28.4 Å². The molecule has 0 amide bonds. The van der Waals surface area contributed by atoms with Gasteiger partial charge in [-0.1, -0.05) is 12.1 Å². The van der Waals surface area contributed by atoms with E-state index in [1.807, 2.05) is 0 Å². The number of phenols is 1. The number of phenolic OH excluding ortho intramolecular Hbond substituents is 1. The summed E-state index contributed by atoms with van der Waals surface area (Å²) >= 11 is 0. The van der Waals surface area contributed by atoms with Gasteiger partial charge < -0.3 is 27.3 Å². The van der Waals surface area contributed by atoms with Gasteiger partial charge in [-0.05, 0) is 17.7 Å². The summed E-state index contributed by atoms with van der Waals surface area (Å²) in [5, 5.41) is 9.93. The van der Waals surface area contributed by atoms with Gasteiger partial charge in [0.05, 0.1) is 6.42 Å². The maximum absolute atomic E-state index is 12.3. The molecular weight excluding hydrogens is 466 g/mol. The molecule has 1 unspecified atom stereocenters. The number of ketones is 1. The minimum absolute atomic E-state index is 0. The van der Waals surface area contributed by atoms with Crippen molar-refractivity contribution in [2.24, 2.45) is 0 Å². The average molecular weight is 476 g/mol. The molecule has 1 heterocycles. The molecule has 1 atom stereocenters. The second-order valence-corrected chi connectivity index (χ2v) is 7.57. The number of carbonyl (C=O) groups excluding carboxylic acids is 1. The van der Waals surface area contributed by atoms with Crippen molar-refractivity contribution in [2.75, 3.05) is 0 Å². The molecule has 0 saturated carbocycles. The Balaban J connectivity index is 0.00000225. The summed E-state index contributed by atoms with van der Waals surface area (Å²) in [6.45, 7) is 0. The van der Waals surface area contributed by atoms with Gasteiger partial charge in [-0.25, -0.2) is 16.8 Å². The zero-order valence-electron chi connectivity index (χ0n) is 15.6. The van der Waals surface area contributed by atoms with E-state index in [-0.39, 0.29) is 82.6 Å². The predicted molar refractivity (Wildman–Crippen MR) is 87.5 cm³/mol. The first-order chi connectivity index (χ1) is 12.9. The number of hydrogen-bond donors (Lipinski definition) is 1. The zero-order valence-corrected chi connectivity index (χ0v) is 21.2. The Bertz CT molecular complexity index is 1150. The molecule has 0 aliphatic carbocycles. The number of ether oxygens (including phenoxy) is 1. The SMILES string of the molecule is O=C1CC(c2ccc(OS(=O)(=O)[O-])cc2)Oc2cc(OS(=O)(=O)[O-])cc(O)c21.[Na+].[Na+]. The smallest absolute Gasteiger partial charge is 0.716 e. The first-order valence-electron chi connectivity index (χ1n) is 7.39. The maximum Gasteiger partial charge on any atom is 1.00 e. The zero-order chi connectivity index (χ0) is 20.7. The number of fused-ring (bicyclic) bond motifs is 1. The van der Waals surface area contributed by atoms with Crippen molar-refractivity contribution < 1.29 is 108 Å². The third-order valence-electron chi connectivity index (χ3n) is 3.62. The van der Waals surface area contributed by atoms with Crippen molar-refractivity contribution in [1.82, 2.24) is 0 Å². The molecule has 0 spiro atoms. The van der Waals surface area contributed by atoms with E-state index in [0.29, 0.717) is 5.56 Å². The summed E-state index contributed by atoms with van der Waals surface area (Å²) in [6.07, 6.45) is -1.07. The molecule has 15 heteroatoms. The quantitative estimate of drug-likeness (QED) is 0.248. The van der Waals surface area contributed by atoms with E-state index in [1.54, 1.807) is 0 Å². The summed E-state index contributed by atoms with van der Waals surface area (Å²) in [4.78, 5) is 12.3. The molecule has 0 radical (unpaired) electrons. The summed E-state index contributed by atoms with van der Waals surface area (Å²) < 4.78 is 77.8. The van der Waals surface area contributed by atoms with Gasteiger partial charge in [0.25, 0.3) is 20.8 Å². The van der Waals surface area contributed by atoms with Crippen LogP contribution in [0.5, 0.6) is 23.0 Å². The fraction of sp³-hybridized carbons (Fsp3) is 0.133. The molecule has 1 aliphatic heterocycles. The van der Waals surface area contributed by atoms with Gasteiger partial charge in [0.1, 0.15) is 34.7 Å². The van der Waals surface area contributed by atoms with E-state index in [2.05, 4.69) is 8.37 Å². The molecule has 30 heavy (non-hydrogen) atoms. The van der Waals surface area contributed by atoms with E-state index in [4.69, 9.17) is 4.74 Å². The van der Waals surface area contributed by atoms with Crippen LogP contribution in [0.3, 0.4) is 0 Å². The van der Waals surface area contributed by atoms with Crippen molar-refractivity contribution in [3.63, 3.8) is 0 Å². The van der Waals surface area contributed by atoms with Crippen LogP contribution >= 0.6 is 0 Å². The summed E-state index contributed by atoms with van der Waals surface area (Å²) in [7, 11) is -10.0. The van der Waals surface area contributed by atoms with Gasteiger partial charge in [-0.3, -0.25) is 4.79 Å². The van der Waals surface area contributed by atoms with Crippen molar-refractivity contribution in [2.45, 2.75) is 12.5 Å². The normalized spacial score (nSPS) is 15.7. The average Bonchev–Trinajstić information content (AvgIpc) is 2.51. The Labute approximate surface area is 215 Å². The van der Waals surface area contributed by atoms with Gasteiger partial charge >= 0.3 is 59.1 Å². The Morgan fingerprint density at radius 2 is 1.47 bits per heavy atom. The number of Topliss-reactive ketones (excluding diaryl/α,β-unsaturated/α-hetero) is 1. The van der Waals surface area contributed by atoms with Gasteiger partial charge in [-0.2, -0.15) is 0 Å². The van der Waals surface area contributed by atoms with Gasteiger partial charge in [0.2, 0.25) is 0 Å². The molecule has 0 fully saturated rings. The van der Waals surface area contributed by atoms with Crippen molar-refractivity contribution in [1.29, 1.82) is 0 Å². The molecule has 150 valence electrons. The third kappa shape index (κ3) is 7.09. The maximum atomic E-state index is 12.3. The van der Waals surface area contributed by atoms with Crippen molar-refractivity contribution in [3.05, 3.63) is 47.5 Å². The first-order valence-corrected chi connectivity index (χ1v) is 10.1. The fourth-order valence-electron chi connectivity index (χ4n) is 2.62. The predicted octanol–water partition coefficient (Wildman–Crippen LogP) is -5.22. The summed E-state index contributed by atoms with van der Waals surface area (Å²) in [5.41, 5.74) is 0.196. The van der Waals surface area contributed by atoms with Gasteiger partial charge in [-0.15, -0.1) is 0 Å². The fourth-order valence-corrected chi connectivity index (χ4v) is 3.30. The van der Waals surface area contributed by atoms with Crippen LogP contribution in [0.15, 0.2) is 36.4 Å². The molecule has 2 aromatic rings. The van der Waals surface area contributed by atoms with Crippen LogP contribution < -0.4 is 72.2 Å². The second-order valence-electron chi connectivity index (χ2n) is 5.60. The Morgan fingerprint density at radius 1 is 0.933 bits per heavy atom. The summed E-state index contributed by atoms with van der Waals surface area (Å²) in [6, 6.07) is 6.82. The third-order valence-corrected chi connectivity index (χ3v) is 4.42. The Morgan fingerprint density at radius 3 is 2.00 bits per heavy atom. The number of aromatic hydroxyl groups is 1. The monoisotopic (exact) mass is 476 g/mol. The number of carbonyl (C=O) groups is 1. The van der Waals surface area contributed by atoms with Crippen LogP contribution in [0, 0.1) is 0 Å². The molecule has 2 aromatic carbocycles. The van der Waals surface area contributed by atoms with Crippen molar-refractivity contribution >= 4 is 26.6 Å². The van der Waals surface area contributed by atoms with E-state index in [9.17, 15) is 35.8 Å². The summed E-state index contributed by atoms with van der Waals surface area (Å²) in [5.74, 6) is -2.13. The van der Waals surface area contributed by atoms with Crippen molar-refractivity contribution in [3.8, 4) is 23.0 Å². The van der Waals surface area contributed by atoms with Crippen LogP contribution in [0.2, 0.25) is 0 Å². The van der Waals surface area contributed by atoms with E-state index in [1.165, 1.54) is 24.3 Å². The van der Waals surface area contributed by atoms with Crippen LogP contribution in [-0.2, 0) is 20.8 Å². The largest absolute Gasteiger partial charge is 1.00 e. The molecule has 0 saturated heterocycles. The molecule has 0 aromatic heterocycles. The second kappa shape index (κ2) is 10.2. The van der Waals surface area contributed by atoms with E-state index >= 15 is 0 Å². The van der Waals surface area contributed by atoms with E-state index < -0.39 is 44.2 Å². The Kier molecular flexibility index (Phi) is 9.20. The van der Waals surface area contributed by atoms with Gasteiger partial charge in [0, 0.05) is 12.1 Å². The van der Waals surface area contributed by atoms with E-state index in [0.717, 1.165) is 12.1 Å². The number of benzene rings is 2.